The van der Waals surface area contributed by atoms with Crippen LogP contribution < -0.4 is 14.4 Å². The molecule has 0 aliphatic carbocycles. The highest BCUT2D eigenvalue weighted by Gasteiger charge is 2.19. The zero-order chi connectivity index (χ0) is 19.5. The Labute approximate surface area is 164 Å². The second-order valence-electron chi connectivity index (χ2n) is 6.75. The van der Waals surface area contributed by atoms with E-state index in [0.717, 1.165) is 59.9 Å². The average Bonchev–Trinajstić information content (AvgIpc) is 3.28. The predicted octanol–water partition coefficient (Wildman–Crippen LogP) is 4.13. The van der Waals surface area contributed by atoms with E-state index in [4.69, 9.17) is 19.4 Å². The molecule has 2 heterocycles. The molecular weight excluding hydrogens is 354 g/mol. The molecular formula is C22H23N3O3. The van der Waals surface area contributed by atoms with Crippen LogP contribution in [0, 0.1) is 0 Å². The second kappa shape index (κ2) is 7.76. The van der Waals surface area contributed by atoms with Crippen molar-refractivity contribution < 1.29 is 14.6 Å². The average molecular weight is 377 g/mol. The van der Waals surface area contributed by atoms with E-state index in [2.05, 4.69) is 4.90 Å². The fourth-order valence-corrected chi connectivity index (χ4v) is 3.43. The first-order valence-electron chi connectivity index (χ1n) is 9.34. The number of benzene rings is 2. The standard InChI is InChI=1S/C22H23N3O3/c1-27-17-9-10-21(28-2)18(13-17)20-14-19(15-5-7-16(26)8-6-15)23-22(24-20)25-11-3-4-12-25/h5-10,13-14,26H,3-4,11-12H2,1-2H3. The number of phenols is 1. The fourth-order valence-electron chi connectivity index (χ4n) is 3.43. The molecule has 0 atom stereocenters. The zero-order valence-electron chi connectivity index (χ0n) is 16.1. The predicted molar refractivity (Wildman–Crippen MR) is 109 cm³/mol. The summed E-state index contributed by atoms with van der Waals surface area (Å²) in [5.41, 5.74) is 3.35. The molecule has 6 heteroatoms. The van der Waals surface area contributed by atoms with E-state index >= 15 is 0 Å². The summed E-state index contributed by atoms with van der Waals surface area (Å²) in [6, 6.07) is 14.7. The van der Waals surface area contributed by atoms with Crippen molar-refractivity contribution in [3.8, 4) is 39.8 Å². The van der Waals surface area contributed by atoms with Crippen molar-refractivity contribution in [1.29, 1.82) is 0 Å². The number of ether oxygens (including phenoxy) is 2. The summed E-state index contributed by atoms with van der Waals surface area (Å²) in [4.78, 5) is 11.9. The van der Waals surface area contributed by atoms with Crippen LogP contribution >= 0.6 is 0 Å². The summed E-state index contributed by atoms with van der Waals surface area (Å²) < 4.78 is 11.0. The van der Waals surface area contributed by atoms with Gasteiger partial charge < -0.3 is 19.5 Å². The van der Waals surface area contributed by atoms with E-state index in [-0.39, 0.29) is 5.75 Å². The lowest BCUT2D eigenvalue weighted by molar-refractivity contribution is 0.404. The van der Waals surface area contributed by atoms with Gasteiger partial charge in [0.05, 0.1) is 25.6 Å². The van der Waals surface area contributed by atoms with Gasteiger partial charge in [0.15, 0.2) is 0 Å². The first-order valence-corrected chi connectivity index (χ1v) is 9.34. The minimum Gasteiger partial charge on any atom is -0.508 e. The molecule has 1 fully saturated rings. The first-order chi connectivity index (χ1) is 13.7. The van der Waals surface area contributed by atoms with E-state index in [1.165, 1.54) is 0 Å². The molecule has 0 spiro atoms. The Balaban J connectivity index is 1.88. The Morgan fingerprint density at radius 2 is 1.57 bits per heavy atom. The van der Waals surface area contributed by atoms with Crippen molar-refractivity contribution in [3.63, 3.8) is 0 Å². The lowest BCUT2D eigenvalue weighted by Crippen LogP contribution is -2.20. The lowest BCUT2D eigenvalue weighted by Gasteiger charge is -2.18. The van der Waals surface area contributed by atoms with Gasteiger partial charge >= 0.3 is 0 Å². The molecule has 1 aromatic heterocycles. The molecule has 6 nitrogen and oxygen atoms in total. The third-order valence-corrected chi connectivity index (χ3v) is 4.95. The molecule has 0 saturated carbocycles. The minimum atomic E-state index is 0.229. The van der Waals surface area contributed by atoms with Gasteiger partial charge in [-0.1, -0.05) is 0 Å². The highest BCUT2D eigenvalue weighted by Crippen LogP contribution is 2.35. The molecule has 144 valence electrons. The number of aromatic hydroxyl groups is 1. The normalized spacial score (nSPS) is 13.6. The molecule has 1 saturated heterocycles. The monoisotopic (exact) mass is 377 g/mol. The molecule has 2 aromatic carbocycles. The number of aromatic nitrogens is 2. The number of hydrogen-bond donors (Lipinski definition) is 1. The maximum Gasteiger partial charge on any atom is 0.226 e. The molecule has 28 heavy (non-hydrogen) atoms. The van der Waals surface area contributed by atoms with Crippen LogP contribution in [0.2, 0.25) is 0 Å². The van der Waals surface area contributed by atoms with Gasteiger partial charge in [-0.3, -0.25) is 0 Å². The van der Waals surface area contributed by atoms with E-state index in [9.17, 15) is 5.11 Å². The van der Waals surface area contributed by atoms with Crippen LogP contribution in [-0.4, -0.2) is 42.4 Å². The fraction of sp³-hybridized carbons (Fsp3) is 0.273. The van der Waals surface area contributed by atoms with Gasteiger partial charge in [-0.15, -0.1) is 0 Å². The summed E-state index contributed by atoms with van der Waals surface area (Å²) in [5.74, 6) is 2.40. The Morgan fingerprint density at radius 3 is 2.25 bits per heavy atom. The van der Waals surface area contributed by atoms with Crippen molar-refractivity contribution in [2.75, 3.05) is 32.2 Å². The molecule has 4 rings (SSSR count). The van der Waals surface area contributed by atoms with Gasteiger partial charge in [0.2, 0.25) is 5.95 Å². The van der Waals surface area contributed by atoms with Crippen LogP contribution in [0.5, 0.6) is 17.2 Å². The topological polar surface area (TPSA) is 67.7 Å². The van der Waals surface area contributed by atoms with Gasteiger partial charge in [-0.25, -0.2) is 9.97 Å². The first kappa shape index (κ1) is 18.1. The summed E-state index contributed by atoms with van der Waals surface area (Å²) >= 11 is 0. The second-order valence-corrected chi connectivity index (χ2v) is 6.75. The third-order valence-electron chi connectivity index (χ3n) is 4.95. The Kier molecular flexibility index (Phi) is 5.02. The number of phenolic OH excluding ortho intramolecular Hbond substituents is 1. The molecule has 1 aliphatic rings. The van der Waals surface area contributed by atoms with Crippen molar-refractivity contribution in [3.05, 3.63) is 48.5 Å². The Hall–Kier alpha value is -3.28. The Morgan fingerprint density at radius 1 is 0.857 bits per heavy atom. The minimum absolute atomic E-state index is 0.229. The van der Waals surface area contributed by atoms with Crippen LogP contribution in [0.1, 0.15) is 12.8 Å². The van der Waals surface area contributed by atoms with Crippen LogP contribution in [0.4, 0.5) is 5.95 Å². The summed E-state index contributed by atoms with van der Waals surface area (Å²) in [6.07, 6.45) is 2.29. The highest BCUT2D eigenvalue weighted by atomic mass is 16.5. The number of nitrogens with zero attached hydrogens (tertiary/aromatic N) is 3. The van der Waals surface area contributed by atoms with Gasteiger partial charge in [0, 0.05) is 24.2 Å². The molecule has 0 unspecified atom stereocenters. The Bertz CT molecular complexity index is 967. The maximum absolute atomic E-state index is 9.62. The van der Waals surface area contributed by atoms with E-state index < -0.39 is 0 Å². The molecule has 0 radical (unpaired) electrons. The largest absolute Gasteiger partial charge is 0.508 e. The third kappa shape index (κ3) is 3.58. The molecule has 1 aliphatic heterocycles. The van der Waals surface area contributed by atoms with Crippen molar-refractivity contribution >= 4 is 5.95 Å². The number of hydrogen-bond acceptors (Lipinski definition) is 6. The zero-order valence-corrected chi connectivity index (χ0v) is 16.1. The van der Waals surface area contributed by atoms with Gasteiger partial charge in [-0.05, 0) is 61.4 Å². The molecule has 1 N–H and O–H groups in total. The smallest absolute Gasteiger partial charge is 0.226 e. The molecule has 0 bridgehead atoms. The van der Waals surface area contributed by atoms with E-state index in [1.807, 2.05) is 36.4 Å². The summed E-state index contributed by atoms with van der Waals surface area (Å²) in [5, 5.41) is 9.62. The number of methoxy groups -OCH3 is 2. The van der Waals surface area contributed by atoms with Crippen molar-refractivity contribution in [2.24, 2.45) is 0 Å². The maximum atomic E-state index is 9.62. The van der Waals surface area contributed by atoms with Crippen LogP contribution in [0.15, 0.2) is 48.5 Å². The number of anilines is 1. The summed E-state index contributed by atoms with van der Waals surface area (Å²) in [7, 11) is 3.29. The van der Waals surface area contributed by atoms with Crippen LogP contribution in [-0.2, 0) is 0 Å². The van der Waals surface area contributed by atoms with Gasteiger partial charge in [0.1, 0.15) is 17.2 Å². The summed E-state index contributed by atoms with van der Waals surface area (Å²) in [6.45, 7) is 1.90. The van der Waals surface area contributed by atoms with Crippen molar-refractivity contribution in [2.45, 2.75) is 12.8 Å². The van der Waals surface area contributed by atoms with Crippen LogP contribution in [0.3, 0.4) is 0 Å². The van der Waals surface area contributed by atoms with E-state index in [0.29, 0.717) is 5.95 Å². The highest BCUT2D eigenvalue weighted by molar-refractivity contribution is 5.74. The molecule has 0 amide bonds. The van der Waals surface area contributed by atoms with Gasteiger partial charge in [-0.2, -0.15) is 0 Å². The number of rotatable bonds is 5. The van der Waals surface area contributed by atoms with E-state index in [1.54, 1.807) is 26.4 Å². The van der Waals surface area contributed by atoms with Crippen molar-refractivity contribution in [1.82, 2.24) is 9.97 Å². The van der Waals surface area contributed by atoms with Crippen LogP contribution in [0.25, 0.3) is 22.5 Å². The SMILES string of the molecule is COc1ccc(OC)c(-c2cc(-c3ccc(O)cc3)nc(N3CCCC3)n2)c1. The molecule has 3 aromatic rings. The lowest BCUT2D eigenvalue weighted by atomic mass is 10.1. The quantitative estimate of drug-likeness (QED) is 0.721. The van der Waals surface area contributed by atoms with Gasteiger partial charge in [0.25, 0.3) is 0 Å².